The van der Waals surface area contributed by atoms with Crippen molar-refractivity contribution in [1.82, 2.24) is 0 Å². The number of carbonyl (C=O) groups excluding carboxylic acids is 2. The van der Waals surface area contributed by atoms with Gasteiger partial charge < -0.3 is 9.47 Å². The zero-order chi connectivity index (χ0) is 31.0. The smallest absolute Gasteiger partial charge is 0.384 e. The number of hydrogen-bond acceptors (Lipinski definition) is 4. The first-order valence-electron chi connectivity index (χ1n) is 15.0. The maximum absolute atomic E-state index is 12.0. The Balaban J connectivity index is 1.74. The Labute approximate surface area is 260 Å². The predicted molar refractivity (Wildman–Crippen MR) is 176 cm³/mol. The van der Waals surface area contributed by atoms with Crippen molar-refractivity contribution < 1.29 is 19.1 Å². The van der Waals surface area contributed by atoms with Crippen molar-refractivity contribution in [2.75, 3.05) is 13.2 Å². The Hall–Kier alpha value is -5.32. The summed E-state index contributed by atoms with van der Waals surface area (Å²) in [6.07, 6.45) is 3.56. The van der Waals surface area contributed by atoms with E-state index in [1.165, 1.54) is 0 Å². The van der Waals surface area contributed by atoms with Gasteiger partial charge in [-0.05, 0) is 70.5 Å². The number of ether oxygens (including phenoxy) is 2. The lowest BCUT2D eigenvalue weighted by Gasteiger charge is -2.18. The van der Waals surface area contributed by atoms with E-state index in [1.54, 1.807) is 0 Å². The molecule has 0 radical (unpaired) electrons. The molecule has 0 aliphatic heterocycles. The van der Waals surface area contributed by atoms with E-state index in [1.807, 2.05) is 98.8 Å². The molecule has 4 nitrogen and oxygen atoms in total. The summed E-state index contributed by atoms with van der Waals surface area (Å²) in [5.41, 5.74) is 7.68. The predicted octanol–water partition coefficient (Wildman–Crippen LogP) is 8.08. The van der Waals surface area contributed by atoms with Crippen molar-refractivity contribution in [2.24, 2.45) is 0 Å². The Morgan fingerprint density at radius 3 is 1.18 bits per heavy atom. The summed E-state index contributed by atoms with van der Waals surface area (Å²) in [4.78, 5) is 23.9. The molecule has 0 unspecified atom stereocenters. The van der Waals surface area contributed by atoms with Crippen molar-refractivity contribution in [3.05, 3.63) is 143 Å². The molecule has 44 heavy (non-hydrogen) atoms. The van der Waals surface area contributed by atoms with Crippen LogP contribution in [0.5, 0.6) is 0 Å². The Bertz CT molecular complexity index is 1550. The fourth-order valence-corrected chi connectivity index (χ4v) is 4.50. The van der Waals surface area contributed by atoms with E-state index in [-0.39, 0.29) is 0 Å². The van der Waals surface area contributed by atoms with Gasteiger partial charge in [-0.3, -0.25) is 0 Å². The molecule has 0 bridgehead atoms. The molecule has 4 aromatic rings. The van der Waals surface area contributed by atoms with Crippen LogP contribution in [0.25, 0.3) is 11.1 Å². The fraction of sp³-hybridized carbons (Fsp3) is 0.200. The van der Waals surface area contributed by atoms with Crippen LogP contribution in [0.3, 0.4) is 0 Å². The molecular formula is C40H36O4. The molecule has 4 aromatic carbocycles. The number of esters is 2. The summed E-state index contributed by atoms with van der Waals surface area (Å²) in [6, 6.07) is 36.3. The third kappa shape index (κ3) is 9.35. The van der Waals surface area contributed by atoms with Crippen molar-refractivity contribution in [3.8, 4) is 23.7 Å². The maximum atomic E-state index is 12.0. The molecule has 220 valence electrons. The lowest BCUT2D eigenvalue weighted by molar-refractivity contribution is -0.137. The Morgan fingerprint density at radius 2 is 0.841 bits per heavy atom. The normalized spacial score (nSPS) is 10.8. The topological polar surface area (TPSA) is 52.6 Å². The van der Waals surface area contributed by atoms with Crippen LogP contribution in [0, 0.1) is 23.7 Å². The Kier molecular flexibility index (Phi) is 12.2. The van der Waals surface area contributed by atoms with Gasteiger partial charge in [-0.15, -0.1) is 0 Å². The van der Waals surface area contributed by atoms with Gasteiger partial charge in [0.25, 0.3) is 0 Å². The molecule has 0 heterocycles. The molecule has 0 aliphatic carbocycles. The van der Waals surface area contributed by atoms with Gasteiger partial charge in [0.15, 0.2) is 0 Å². The van der Waals surface area contributed by atoms with Crippen LogP contribution < -0.4 is 0 Å². The van der Waals surface area contributed by atoms with Crippen molar-refractivity contribution in [2.45, 2.75) is 39.5 Å². The lowest BCUT2D eigenvalue weighted by Crippen LogP contribution is -2.02. The minimum Gasteiger partial charge on any atom is -0.456 e. The minimum absolute atomic E-state index is 0.385. The van der Waals surface area contributed by atoms with Crippen LogP contribution in [-0.2, 0) is 19.1 Å². The van der Waals surface area contributed by atoms with Gasteiger partial charge >= 0.3 is 11.9 Å². The van der Waals surface area contributed by atoms with Crippen LogP contribution in [0.1, 0.15) is 72.9 Å². The molecule has 0 aromatic heterocycles. The first-order valence-corrected chi connectivity index (χ1v) is 15.0. The second kappa shape index (κ2) is 17.0. The van der Waals surface area contributed by atoms with Gasteiger partial charge in [0.2, 0.25) is 0 Å². The molecule has 0 saturated carbocycles. The molecule has 0 N–H and O–H groups in total. The molecule has 0 aliphatic rings. The Morgan fingerprint density at radius 1 is 0.500 bits per heavy atom. The quantitative estimate of drug-likeness (QED) is 0.0824. The van der Waals surface area contributed by atoms with Gasteiger partial charge in [-0.2, -0.15) is 0 Å². The second-order valence-corrected chi connectivity index (χ2v) is 10.1. The van der Waals surface area contributed by atoms with E-state index < -0.39 is 11.9 Å². The van der Waals surface area contributed by atoms with Crippen LogP contribution in [0.2, 0.25) is 0 Å². The first-order chi connectivity index (χ1) is 21.6. The number of hydrogen-bond donors (Lipinski definition) is 0. The zero-order valence-electron chi connectivity index (χ0n) is 25.3. The molecular weight excluding hydrogens is 544 g/mol. The minimum atomic E-state index is -0.514. The van der Waals surface area contributed by atoms with Gasteiger partial charge in [0.1, 0.15) is 0 Å². The van der Waals surface area contributed by atoms with E-state index >= 15 is 0 Å². The van der Waals surface area contributed by atoms with Crippen LogP contribution in [-0.4, -0.2) is 25.2 Å². The highest BCUT2D eigenvalue weighted by Crippen LogP contribution is 2.37. The van der Waals surface area contributed by atoms with E-state index in [4.69, 9.17) is 9.47 Å². The third-order valence-electron chi connectivity index (χ3n) is 6.80. The highest BCUT2D eigenvalue weighted by atomic mass is 16.5. The molecule has 4 rings (SSSR count). The lowest BCUT2D eigenvalue weighted by atomic mass is 9.85. The summed E-state index contributed by atoms with van der Waals surface area (Å²) >= 11 is 0. The molecule has 0 atom stereocenters. The van der Waals surface area contributed by atoms with Gasteiger partial charge in [0, 0.05) is 23.0 Å². The average molecular weight is 581 g/mol. The summed E-state index contributed by atoms with van der Waals surface area (Å²) < 4.78 is 10.3. The highest BCUT2D eigenvalue weighted by Gasteiger charge is 2.16. The van der Waals surface area contributed by atoms with Gasteiger partial charge in [-0.1, -0.05) is 123 Å². The molecule has 0 fully saturated rings. The van der Waals surface area contributed by atoms with E-state index in [0.29, 0.717) is 13.2 Å². The number of benzene rings is 4. The van der Waals surface area contributed by atoms with E-state index in [9.17, 15) is 9.59 Å². The number of unbranched alkanes of at least 4 members (excludes halogenated alkanes) is 2. The SMILES string of the molecule is CCCCOC(=O)C#Cc1ccc(C(=C(c2ccccc2)c2ccc(C#CC(=O)OCCCC)cc2)c2ccccc2)cc1. The second-order valence-electron chi connectivity index (χ2n) is 10.1. The standard InChI is InChI=1S/C40H36O4/c1-3-5-29-43-37(41)27-21-31-17-23-35(24-18-31)39(33-13-9-7-10-14-33)40(34-15-11-8-12-16-34)36-25-19-32(20-26-36)22-28-38(42)44-30-6-4-2/h7-20,23-26H,3-6,29-30H2,1-2H3. The molecule has 0 spiro atoms. The summed E-state index contributed by atoms with van der Waals surface area (Å²) in [5, 5.41) is 0. The average Bonchev–Trinajstić information content (AvgIpc) is 3.07. The van der Waals surface area contributed by atoms with Crippen LogP contribution >= 0.6 is 0 Å². The summed E-state index contributed by atoms with van der Waals surface area (Å²) in [7, 11) is 0. The molecule has 0 saturated heterocycles. The zero-order valence-corrected chi connectivity index (χ0v) is 25.3. The fourth-order valence-electron chi connectivity index (χ4n) is 4.50. The highest BCUT2D eigenvalue weighted by molar-refractivity contribution is 6.04. The van der Waals surface area contributed by atoms with Gasteiger partial charge in [0.05, 0.1) is 13.2 Å². The molecule has 0 amide bonds. The van der Waals surface area contributed by atoms with Crippen LogP contribution in [0.4, 0.5) is 0 Å². The van der Waals surface area contributed by atoms with Crippen molar-refractivity contribution in [3.63, 3.8) is 0 Å². The number of rotatable bonds is 10. The first kappa shape index (κ1) is 31.6. The van der Waals surface area contributed by atoms with Crippen LogP contribution in [0.15, 0.2) is 109 Å². The molecule has 4 heteroatoms. The largest absolute Gasteiger partial charge is 0.456 e. The van der Waals surface area contributed by atoms with Crippen molar-refractivity contribution in [1.29, 1.82) is 0 Å². The maximum Gasteiger partial charge on any atom is 0.384 e. The van der Waals surface area contributed by atoms with Crippen molar-refractivity contribution >= 4 is 23.1 Å². The van der Waals surface area contributed by atoms with E-state index in [2.05, 4.69) is 47.9 Å². The number of carbonyl (C=O) groups is 2. The van der Waals surface area contributed by atoms with E-state index in [0.717, 1.165) is 70.2 Å². The van der Waals surface area contributed by atoms with Gasteiger partial charge in [-0.25, -0.2) is 9.59 Å². The third-order valence-corrected chi connectivity index (χ3v) is 6.80. The summed E-state index contributed by atoms with van der Waals surface area (Å²) in [5.74, 6) is 9.99. The monoisotopic (exact) mass is 580 g/mol. The summed E-state index contributed by atoms with van der Waals surface area (Å²) in [6.45, 7) is 4.86.